The number of aliphatic hydroxyl groups is 1. The molecular formula is CH8AlO3P. The first kappa shape index (κ1) is 9.84. The van der Waals surface area contributed by atoms with E-state index in [1.165, 1.54) is 0 Å². The highest BCUT2D eigenvalue weighted by Gasteiger charge is 1.77. The van der Waals surface area contributed by atoms with Gasteiger partial charge in [0.15, 0.2) is 17.4 Å². The average Bonchev–Trinajstić information content (AvgIpc) is 1.38. The van der Waals surface area contributed by atoms with Gasteiger partial charge in [-0.25, -0.2) is 0 Å². The molecule has 0 radical (unpaired) electrons. The molecule has 0 bridgehead atoms. The number of rotatable bonds is 1. The van der Waals surface area contributed by atoms with Crippen molar-refractivity contribution in [2.75, 3.05) is 6.35 Å². The number of aliphatic hydroxyl groups excluding tert-OH is 1. The summed E-state index contributed by atoms with van der Waals surface area (Å²) in [4.78, 5) is 7.66. The normalized spacial score (nSPS) is 12.3. The molecule has 0 aromatic carbocycles. The molecule has 1 atom stereocenters. The zero-order valence-corrected chi connectivity index (χ0v) is 3.51. The van der Waals surface area contributed by atoms with Gasteiger partial charge in [0.05, 0.1) is 0 Å². The predicted octanol–water partition coefficient (Wildman–Crippen LogP) is -1.78. The van der Waals surface area contributed by atoms with Crippen molar-refractivity contribution in [3.05, 3.63) is 0 Å². The second kappa shape index (κ2) is 5.68. The Morgan fingerprint density at radius 1 is 1.67 bits per heavy atom. The summed E-state index contributed by atoms with van der Waals surface area (Å²) >= 11 is 0. The van der Waals surface area contributed by atoms with E-state index in [1.807, 2.05) is 0 Å². The van der Waals surface area contributed by atoms with Crippen LogP contribution < -0.4 is 0 Å². The summed E-state index contributed by atoms with van der Waals surface area (Å²) in [5, 5.41) is 7.63. The SMILES string of the molecule is O=[PH](O)CO.[AlH3]. The quantitative estimate of drug-likeness (QED) is 0.322. The second-order valence-electron chi connectivity index (χ2n) is 0.552. The highest BCUT2D eigenvalue weighted by atomic mass is 31.1. The van der Waals surface area contributed by atoms with Crippen molar-refractivity contribution in [2.24, 2.45) is 0 Å². The fourth-order valence-electron chi connectivity index (χ4n) is 0. The molecule has 0 aromatic rings. The molecule has 0 aromatic heterocycles. The van der Waals surface area contributed by atoms with Gasteiger partial charge in [0, 0.05) is 0 Å². The molecule has 0 spiro atoms. The van der Waals surface area contributed by atoms with Gasteiger partial charge in [-0.1, -0.05) is 0 Å². The molecule has 0 amide bonds. The smallest absolute Gasteiger partial charge is 0.213 e. The maximum absolute atomic E-state index is 9.30. The molecule has 38 valence electrons. The Morgan fingerprint density at radius 2 is 1.83 bits per heavy atom. The van der Waals surface area contributed by atoms with E-state index >= 15 is 0 Å². The molecule has 0 rings (SSSR count). The predicted molar refractivity (Wildman–Crippen MR) is 28.2 cm³/mol. The van der Waals surface area contributed by atoms with Crippen molar-refractivity contribution < 1.29 is 14.6 Å². The lowest BCUT2D eigenvalue weighted by Crippen LogP contribution is -1.64. The van der Waals surface area contributed by atoms with Gasteiger partial charge in [0.1, 0.15) is 6.35 Å². The largest absolute Gasteiger partial charge is 0.387 e. The van der Waals surface area contributed by atoms with Gasteiger partial charge in [-0.2, -0.15) is 0 Å². The van der Waals surface area contributed by atoms with Crippen molar-refractivity contribution in [1.82, 2.24) is 0 Å². The molecule has 0 saturated heterocycles. The van der Waals surface area contributed by atoms with E-state index in [9.17, 15) is 4.57 Å². The van der Waals surface area contributed by atoms with E-state index < -0.39 is 14.4 Å². The molecule has 0 aliphatic heterocycles. The second-order valence-corrected chi connectivity index (χ2v) is 1.66. The minimum absolute atomic E-state index is 0. The van der Waals surface area contributed by atoms with E-state index in [1.54, 1.807) is 0 Å². The van der Waals surface area contributed by atoms with Gasteiger partial charge in [-0.3, -0.25) is 4.57 Å². The Balaban J connectivity index is 0. The Bertz CT molecular complexity index is 46.1. The van der Waals surface area contributed by atoms with Gasteiger partial charge in [-0.15, -0.1) is 0 Å². The summed E-state index contributed by atoms with van der Waals surface area (Å²) in [5.74, 6) is 0. The van der Waals surface area contributed by atoms with E-state index in [4.69, 9.17) is 10.00 Å². The maximum atomic E-state index is 9.30. The minimum atomic E-state index is -2.57. The van der Waals surface area contributed by atoms with Gasteiger partial charge >= 0.3 is 0 Å². The summed E-state index contributed by atoms with van der Waals surface area (Å²) in [6, 6.07) is 0. The molecule has 0 heterocycles. The topological polar surface area (TPSA) is 57.5 Å². The molecule has 0 saturated carbocycles. The molecule has 5 heteroatoms. The van der Waals surface area contributed by atoms with Crippen LogP contribution in [-0.4, -0.2) is 33.7 Å². The number of hydrogen-bond acceptors (Lipinski definition) is 2. The van der Waals surface area contributed by atoms with Crippen LogP contribution >= 0.6 is 8.03 Å². The Morgan fingerprint density at radius 3 is 1.83 bits per heavy atom. The highest BCUT2D eigenvalue weighted by Crippen LogP contribution is 2.06. The van der Waals surface area contributed by atoms with Crippen LogP contribution in [0.1, 0.15) is 0 Å². The molecule has 0 fully saturated rings. The van der Waals surface area contributed by atoms with E-state index in [0.29, 0.717) is 0 Å². The Hall–Kier alpha value is 0.682. The van der Waals surface area contributed by atoms with Crippen LogP contribution in [0.25, 0.3) is 0 Å². The fraction of sp³-hybridized carbons (Fsp3) is 1.00. The Kier molecular flexibility index (Phi) is 9.32. The van der Waals surface area contributed by atoms with Crippen LogP contribution in [-0.2, 0) is 4.57 Å². The van der Waals surface area contributed by atoms with Crippen molar-refractivity contribution >= 4 is 25.4 Å². The van der Waals surface area contributed by atoms with Crippen LogP contribution in [0.2, 0.25) is 0 Å². The zero-order valence-electron chi connectivity index (χ0n) is 2.51. The van der Waals surface area contributed by atoms with Crippen LogP contribution in [0, 0.1) is 0 Å². The molecule has 6 heavy (non-hydrogen) atoms. The van der Waals surface area contributed by atoms with Crippen molar-refractivity contribution in [3.8, 4) is 0 Å². The fourth-order valence-corrected chi connectivity index (χ4v) is 0. The monoisotopic (exact) mass is 126 g/mol. The third-order valence-electron chi connectivity index (χ3n) is 0.135. The van der Waals surface area contributed by atoms with E-state index in [0.717, 1.165) is 0 Å². The van der Waals surface area contributed by atoms with Gasteiger partial charge in [0.2, 0.25) is 8.03 Å². The lowest BCUT2D eigenvalue weighted by molar-refractivity contribution is 0.343. The van der Waals surface area contributed by atoms with Gasteiger partial charge < -0.3 is 10.00 Å². The molecule has 2 N–H and O–H groups in total. The molecule has 0 aliphatic rings. The molecule has 3 nitrogen and oxygen atoms in total. The van der Waals surface area contributed by atoms with Crippen LogP contribution in [0.5, 0.6) is 0 Å². The van der Waals surface area contributed by atoms with Crippen LogP contribution in [0.4, 0.5) is 0 Å². The average molecular weight is 126 g/mol. The van der Waals surface area contributed by atoms with Crippen molar-refractivity contribution in [1.29, 1.82) is 0 Å². The summed E-state index contributed by atoms with van der Waals surface area (Å²) < 4.78 is 9.30. The van der Waals surface area contributed by atoms with Crippen LogP contribution in [0.3, 0.4) is 0 Å². The first-order valence-corrected chi connectivity index (χ1v) is 2.66. The first-order chi connectivity index (χ1) is 2.27. The maximum Gasteiger partial charge on any atom is 0.213 e. The minimum Gasteiger partial charge on any atom is -0.387 e. The summed E-state index contributed by atoms with van der Waals surface area (Å²) in [6.45, 7) is 0. The summed E-state index contributed by atoms with van der Waals surface area (Å²) in [7, 11) is -2.57. The van der Waals surface area contributed by atoms with Crippen LogP contribution in [0.15, 0.2) is 0 Å². The van der Waals surface area contributed by atoms with E-state index in [-0.39, 0.29) is 17.4 Å². The van der Waals surface area contributed by atoms with Gasteiger partial charge in [-0.05, 0) is 0 Å². The van der Waals surface area contributed by atoms with Crippen molar-refractivity contribution in [3.63, 3.8) is 0 Å². The van der Waals surface area contributed by atoms with Crippen molar-refractivity contribution in [2.45, 2.75) is 0 Å². The first-order valence-electron chi connectivity index (χ1n) is 1.10. The van der Waals surface area contributed by atoms with Gasteiger partial charge in [0.25, 0.3) is 0 Å². The molecule has 0 aliphatic carbocycles. The third-order valence-corrected chi connectivity index (χ3v) is 0.406. The third kappa shape index (κ3) is 8.82. The Labute approximate surface area is 47.0 Å². The standard InChI is InChI=1S/CH5O3P.Al.3H/c2-1-5(3)4;;;;/h2,5H,1H2,(H,3,4);;;;. The lowest BCUT2D eigenvalue weighted by Gasteiger charge is -1.74. The summed E-state index contributed by atoms with van der Waals surface area (Å²) in [5.41, 5.74) is 0. The summed E-state index contributed by atoms with van der Waals surface area (Å²) in [6.07, 6.45) is -0.593. The highest BCUT2D eigenvalue weighted by molar-refractivity contribution is 7.37. The van der Waals surface area contributed by atoms with E-state index in [2.05, 4.69) is 0 Å². The number of hydrogen-bond donors (Lipinski definition) is 2. The lowest BCUT2D eigenvalue weighted by atomic mass is 11.7. The zero-order chi connectivity index (χ0) is 4.28. The molecule has 1 unspecified atom stereocenters. The molecular weight excluding hydrogens is 118 g/mol.